The second kappa shape index (κ2) is 7.79. The van der Waals surface area contributed by atoms with E-state index in [9.17, 15) is 8.42 Å². The van der Waals surface area contributed by atoms with Crippen LogP contribution in [0.4, 0.5) is 0 Å². The Bertz CT molecular complexity index is 476. The second-order valence-electron chi connectivity index (χ2n) is 4.15. The molecule has 1 N–H and O–H groups in total. The number of sulfonamides is 1. The van der Waals surface area contributed by atoms with Crippen molar-refractivity contribution in [3.8, 4) is 0 Å². The van der Waals surface area contributed by atoms with Crippen LogP contribution in [0.1, 0.15) is 20.3 Å². The molecule has 0 saturated heterocycles. The minimum absolute atomic E-state index is 0.135. The van der Waals surface area contributed by atoms with E-state index >= 15 is 0 Å². The Kier molecular flexibility index (Phi) is 6.71. The SMILES string of the molecule is CCCN(CC)CCNS(=O)(=O)c1ccc(Cl)nc1. The van der Waals surface area contributed by atoms with Crippen LogP contribution < -0.4 is 4.72 Å². The van der Waals surface area contributed by atoms with E-state index in [1.54, 1.807) is 0 Å². The van der Waals surface area contributed by atoms with Gasteiger partial charge < -0.3 is 4.90 Å². The molecule has 0 amide bonds. The number of hydrogen-bond acceptors (Lipinski definition) is 4. The third kappa shape index (κ3) is 5.44. The summed E-state index contributed by atoms with van der Waals surface area (Å²) in [7, 11) is -3.49. The molecular formula is C12H20ClN3O2S. The summed E-state index contributed by atoms with van der Waals surface area (Å²) in [6.07, 6.45) is 2.32. The minimum atomic E-state index is -3.49. The highest BCUT2D eigenvalue weighted by atomic mass is 35.5. The van der Waals surface area contributed by atoms with Gasteiger partial charge in [0.05, 0.1) is 0 Å². The molecular weight excluding hydrogens is 286 g/mol. The number of rotatable bonds is 8. The number of nitrogens with zero attached hydrogens (tertiary/aromatic N) is 2. The van der Waals surface area contributed by atoms with E-state index in [-0.39, 0.29) is 10.0 Å². The molecule has 1 rings (SSSR count). The zero-order chi connectivity index (χ0) is 14.3. The van der Waals surface area contributed by atoms with Gasteiger partial charge in [-0.3, -0.25) is 0 Å². The zero-order valence-corrected chi connectivity index (χ0v) is 12.8. The Morgan fingerprint density at radius 3 is 2.58 bits per heavy atom. The van der Waals surface area contributed by atoms with Gasteiger partial charge in [0.25, 0.3) is 0 Å². The molecule has 1 aromatic rings. The van der Waals surface area contributed by atoms with Gasteiger partial charge in [0.15, 0.2) is 0 Å². The summed E-state index contributed by atoms with van der Waals surface area (Å²) in [4.78, 5) is 6.10. The van der Waals surface area contributed by atoms with Crippen molar-refractivity contribution in [1.82, 2.24) is 14.6 Å². The molecule has 0 aliphatic rings. The van der Waals surface area contributed by atoms with Crippen LogP contribution in [0.15, 0.2) is 23.2 Å². The number of halogens is 1. The first kappa shape index (κ1) is 16.4. The maximum atomic E-state index is 12.0. The van der Waals surface area contributed by atoms with Crippen LogP contribution in [0.3, 0.4) is 0 Å². The molecule has 0 aliphatic carbocycles. The summed E-state index contributed by atoms with van der Waals surface area (Å²) in [5.74, 6) is 0. The van der Waals surface area contributed by atoms with Gasteiger partial charge in [-0.1, -0.05) is 25.4 Å². The number of pyridine rings is 1. The van der Waals surface area contributed by atoms with Crippen molar-refractivity contribution < 1.29 is 8.42 Å². The quantitative estimate of drug-likeness (QED) is 0.743. The normalized spacial score (nSPS) is 12.0. The zero-order valence-electron chi connectivity index (χ0n) is 11.3. The molecule has 1 heterocycles. The van der Waals surface area contributed by atoms with E-state index in [1.807, 2.05) is 0 Å². The number of likely N-dealkylation sites (N-methyl/N-ethyl adjacent to an activating group) is 1. The first-order chi connectivity index (χ1) is 8.99. The largest absolute Gasteiger partial charge is 0.302 e. The van der Waals surface area contributed by atoms with Crippen LogP contribution in [0, 0.1) is 0 Å². The summed E-state index contributed by atoms with van der Waals surface area (Å²) >= 11 is 5.63. The van der Waals surface area contributed by atoms with E-state index in [1.165, 1.54) is 18.3 Å². The molecule has 0 aliphatic heterocycles. The number of aromatic nitrogens is 1. The van der Waals surface area contributed by atoms with E-state index in [4.69, 9.17) is 11.6 Å². The summed E-state index contributed by atoms with van der Waals surface area (Å²) in [5, 5.41) is 0.277. The molecule has 0 spiro atoms. The molecule has 0 unspecified atom stereocenters. The Hall–Kier alpha value is -0.690. The van der Waals surface area contributed by atoms with Gasteiger partial charge in [0, 0.05) is 19.3 Å². The van der Waals surface area contributed by atoms with Gasteiger partial charge in [0.2, 0.25) is 10.0 Å². The van der Waals surface area contributed by atoms with Crippen molar-refractivity contribution in [3.63, 3.8) is 0 Å². The van der Waals surface area contributed by atoms with Crippen LogP contribution in [-0.4, -0.2) is 44.5 Å². The third-order valence-corrected chi connectivity index (χ3v) is 4.39. The van der Waals surface area contributed by atoms with Gasteiger partial charge in [-0.25, -0.2) is 18.1 Å². The van der Waals surface area contributed by atoms with Gasteiger partial charge in [-0.15, -0.1) is 0 Å². The summed E-state index contributed by atoms with van der Waals surface area (Å²) in [6.45, 7) is 7.14. The van der Waals surface area contributed by atoms with Gasteiger partial charge in [-0.2, -0.15) is 0 Å². The van der Waals surface area contributed by atoms with E-state index in [0.29, 0.717) is 13.1 Å². The summed E-state index contributed by atoms with van der Waals surface area (Å²) in [6, 6.07) is 2.91. The fourth-order valence-corrected chi connectivity index (χ4v) is 2.76. The highest BCUT2D eigenvalue weighted by molar-refractivity contribution is 7.89. The van der Waals surface area contributed by atoms with Crippen molar-refractivity contribution in [2.45, 2.75) is 25.2 Å². The van der Waals surface area contributed by atoms with Crippen LogP contribution in [0.2, 0.25) is 5.15 Å². The predicted octanol–water partition coefficient (Wildman–Crippen LogP) is 1.75. The summed E-state index contributed by atoms with van der Waals surface area (Å²) in [5.41, 5.74) is 0. The lowest BCUT2D eigenvalue weighted by Gasteiger charge is -2.19. The molecule has 5 nitrogen and oxygen atoms in total. The molecule has 0 atom stereocenters. The van der Waals surface area contributed by atoms with Gasteiger partial charge >= 0.3 is 0 Å². The Labute approximate surface area is 120 Å². The smallest absolute Gasteiger partial charge is 0.242 e. The molecule has 0 saturated carbocycles. The molecule has 0 aromatic carbocycles. The maximum absolute atomic E-state index is 12.0. The molecule has 0 radical (unpaired) electrons. The molecule has 108 valence electrons. The lowest BCUT2D eigenvalue weighted by molar-refractivity contribution is 0.293. The van der Waals surface area contributed by atoms with Crippen molar-refractivity contribution in [2.24, 2.45) is 0 Å². The molecule has 0 fully saturated rings. The maximum Gasteiger partial charge on any atom is 0.242 e. The number of hydrogen-bond donors (Lipinski definition) is 1. The van der Waals surface area contributed by atoms with Crippen LogP contribution in [-0.2, 0) is 10.0 Å². The van der Waals surface area contributed by atoms with E-state index in [2.05, 4.69) is 28.5 Å². The average molecular weight is 306 g/mol. The fraction of sp³-hybridized carbons (Fsp3) is 0.583. The fourth-order valence-electron chi connectivity index (χ4n) is 1.69. The van der Waals surface area contributed by atoms with E-state index < -0.39 is 10.0 Å². The van der Waals surface area contributed by atoms with Gasteiger partial charge in [0.1, 0.15) is 10.0 Å². The van der Waals surface area contributed by atoms with Crippen molar-refractivity contribution in [1.29, 1.82) is 0 Å². The average Bonchev–Trinajstić information content (AvgIpc) is 2.38. The molecule has 7 heteroatoms. The van der Waals surface area contributed by atoms with E-state index in [0.717, 1.165) is 19.5 Å². The van der Waals surface area contributed by atoms with Crippen LogP contribution in [0.25, 0.3) is 0 Å². The van der Waals surface area contributed by atoms with Crippen molar-refractivity contribution in [3.05, 3.63) is 23.5 Å². The molecule has 0 bridgehead atoms. The van der Waals surface area contributed by atoms with Crippen LogP contribution in [0.5, 0.6) is 0 Å². The predicted molar refractivity (Wildman–Crippen MR) is 76.8 cm³/mol. The van der Waals surface area contributed by atoms with Crippen molar-refractivity contribution in [2.75, 3.05) is 26.2 Å². The minimum Gasteiger partial charge on any atom is -0.302 e. The molecule has 19 heavy (non-hydrogen) atoms. The second-order valence-corrected chi connectivity index (χ2v) is 6.30. The first-order valence-corrected chi connectivity index (χ1v) is 8.19. The van der Waals surface area contributed by atoms with Gasteiger partial charge in [-0.05, 0) is 31.6 Å². The monoisotopic (exact) mass is 305 g/mol. The lowest BCUT2D eigenvalue weighted by Crippen LogP contribution is -2.35. The third-order valence-electron chi connectivity index (χ3n) is 2.72. The first-order valence-electron chi connectivity index (χ1n) is 6.33. The lowest BCUT2D eigenvalue weighted by atomic mass is 10.4. The standard InChI is InChI=1S/C12H20ClN3O2S/c1-3-8-16(4-2)9-7-15-19(17,18)11-5-6-12(13)14-10-11/h5-6,10,15H,3-4,7-9H2,1-2H3. The van der Waals surface area contributed by atoms with Crippen molar-refractivity contribution >= 4 is 21.6 Å². The molecule has 1 aromatic heterocycles. The highest BCUT2D eigenvalue weighted by Gasteiger charge is 2.14. The summed E-state index contributed by atoms with van der Waals surface area (Å²) < 4.78 is 26.5. The Balaban J connectivity index is 2.54. The Morgan fingerprint density at radius 2 is 2.05 bits per heavy atom. The number of nitrogens with one attached hydrogen (secondary N) is 1. The Morgan fingerprint density at radius 1 is 1.32 bits per heavy atom. The topological polar surface area (TPSA) is 62.3 Å². The van der Waals surface area contributed by atoms with Crippen LogP contribution >= 0.6 is 11.6 Å². The highest BCUT2D eigenvalue weighted by Crippen LogP contribution is 2.10.